The summed E-state index contributed by atoms with van der Waals surface area (Å²) in [4.78, 5) is 7.69. The lowest BCUT2D eigenvalue weighted by Crippen LogP contribution is -2.01. The topological polar surface area (TPSA) is 63.8 Å². The van der Waals surface area contributed by atoms with Gasteiger partial charge in [-0.25, -0.2) is 13.8 Å². The van der Waals surface area contributed by atoms with Crippen LogP contribution in [0.15, 0.2) is 29.0 Å². The third kappa shape index (κ3) is 2.68. The van der Waals surface area contributed by atoms with Crippen LogP contribution in [0.25, 0.3) is 0 Å². The van der Waals surface area contributed by atoms with Crippen LogP contribution in [-0.2, 0) is 0 Å². The van der Waals surface area contributed by atoms with Gasteiger partial charge in [-0.05, 0) is 22.0 Å². The Morgan fingerprint density at radius 1 is 1.24 bits per heavy atom. The molecule has 17 heavy (non-hydrogen) atoms. The third-order valence-corrected chi connectivity index (χ3v) is 2.54. The van der Waals surface area contributed by atoms with Gasteiger partial charge in [0.1, 0.15) is 11.6 Å². The third-order valence-electron chi connectivity index (χ3n) is 1.91. The second kappa shape index (κ2) is 4.62. The Morgan fingerprint density at radius 2 is 2.00 bits per heavy atom. The summed E-state index contributed by atoms with van der Waals surface area (Å²) < 4.78 is 26.6. The number of hydrogen-bond acceptors (Lipinski definition) is 4. The Hall–Kier alpha value is -1.76. The molecule has 0 fully saturated rings. The molecule has 0 bridgehead atoms. The lowest BCUT2D eigenvalue weighted by molar-refractivity contribution is 0.584. The maximum atomic E-state index is 13.5. The fraction of sp³-hybridized carbons (Fsp3) is 0. The Bertz CT molecular complexity index is 539. The summed E-state index contributed by atoms with van der Waals surface area (Å²) in [7, 11) is 0. The van der Waals surface area contributed by atoms with Crippen LogP contribution in [0.4, 0.5) is 26.1 Å². The van der Waals surface area contributed by atoms with E-state index in [1.54, 1.807) is 0 Å². The number of benzene rings is 1. The largest absolute Gasteiger partial charge is 0.382 e. The highest BCUT2D eigenvalue weighted by Crippen LogP contribution is 2.29. The summed E-state index contributed by atoms with van der Waals surface area (Å²) in [5.41, 5.74) is 5.51. The summed E-state index contributed by atoms with van der Waals surface area (Å²) in [6.07, 6.45) is 2.74. The van der Waals surface area contributed by atoms with Crippen molar-refractivity contribution in [2.24, 2.45) is 0 Å². The van der Waals surface area contributed by atoms with Gasteiger partial charge in [0, 0.05) is 10.5 Å². The highest BCUT2D eigenvalue weighted by atomic mass is 79.9. The number of nitrogens with two attached hydrogens (primary N) is 1. The van der Waals surface area contributed by atoms with Gasteiger partial charge < -0.3 is 11.1 Å². The molecule has 0 saturated carbocycles. The molecule has 0 radical (unpaired) electrons. The van der Waals surface area contributed by atoms with Gasteiger partial charge in [-0.2, -0.15) is 0 Å². The summed E-state index contributed by atoms with van der Waals surface area (Å²) >= 11 is 3.05. The Labute approximate surface area is 104 Å². The van der Waals surface area contributed by atoms with E-state index in [-0.39, 0.29) is 21.8 Å². The molecule has 4 nitrogen and oxygen atoms in total. The zero-order valence-electron chi connectivity index (χ0n) is 8.42. The average molecular weight is 301 g/mol. The van der Waals surface area contributed by atoms with E-state index in [2.05, 4.69) is 31.2 Å². The minimum absolute atomic E-state index is 0.0753. The number of nitrogens with one attached hydrogen (secondary N) is 1. The van der Waals surface area contributed by atoms with E-state index in [0.29, 0.717) is 0 Å². The molecule has 0 aliphatic carbocycles. The molecule has 0 saturated heterocycles. The van der Waals surface area contributed by atoms with E-state index in [1.807, 2.05) is 0 Å². The second-order valence-corrected chi connectivity index (χ2v) is 4.05. The molecule has 88 valence electrons. The smallest absolute Gasteiger partial charge is 0.151 e. The molecule has 0 amide bonds. The zero-order valence-corrected chi connectivity index (χ0v) is 10.0. The van der Waals surface area contributed by atoms with Crippen molar-refractivity contribution in [3.05, 3.63) is 40.6 Å². The predicted octanol–water partition coefficient (Wildman–Crippen LogP) is 2.84. The molecule has 3 N–H and O–H groups in total. The molecule has 1 aromatic carbocycles. The summed E-state index contributed by atoms with van der Waals surface area (Å²) in [5.74, 6) is -0.926. The number of hydrogen-bond donors (Lipinski definition) is 2. The SMILES string of the molecule is Nc1cncc(Nc2c(F)cc(F)cc2Br)n1. The molecular weight excluding hydrogens is 294 g/mol. The highest BCUT2D eigenvalue weighted by molar-refractivity contribution is 9.10. The van der Waals surface area contributed by atoms with Gasteiger partial charge in [-0.3, -0.25) is 4.98 Å². The van der Waals surface area contributed by atoms with Crippen molar-refractivity contribution in [1.82, 2.24) is 9.97 Å². The molecule has 0 aliphatic heterocycles. The maximum absolute atomic E-state index is 13.5. The van der Waals surface area contributed by atoms with Gasteiger partial charge in [0.05, 0.1) is 18.1 Å². The van der Waals surface area contributed by atoms with E-state index in [0.717, 1.165) is 12.1 Å². The van der Waals surface area contributed by atoms with Crippen LogP contribution in [0.2, 0.25) is 0 Å². The molecule has 1 heterocycles. The van der Waals surface area contributed by atoms with Crippen LogP contribution >= 0.6 is 15.9 Å². The molecular formula is C10H7BrF2N4. The lowest BCUT2D eigenvalue weighted by atomic mass is 10.3. The molecule has 2 rings (SSSR count). The number of anilines is 3. The Kier molecular flexibility index (Phi) is 3.19. The first-order valence-corrected chi connectivity index (χ1v) is 5.34. The summed E-state index contributed by atoms with van der Waals surface area (Å²) in [6.45, 7) is 0. The van der Waals surface area contributed by atoms with Crippen molar-refractivity contribution >= 4 is 33.3 Å². The molecule has 1 aromatic heterocycles. The zero-order chi connectivity index (χ0) is 12.4. The number of aromatic nitrogens is 2. The maximum Gasteiger partial charge on any atom is 0.151 e. The number of halogens is 3. The lowest BCUT2D eigenvalue weighted by Gasteiger charge is -2.09. The molecule has 0 aliphatic rings. The van der Waals surface area contributed by atoms with Crippen LogP contribution in [0.5, 0.6) is 0 Å². The van der Waals surface area contributed by atoms with Crippen LogP contribution in [0.1, 0.15) is 0 Å². The van der Waals surface area contributed by atoms with Gasteiger partial charge in [0.15, 0.2) is 11.6 Å². The highest BCUT2D eigenvalue weighted by Gasteiger charge is 2.10. The van der Waals surface area contributed by atoms with Gasteiger partial charge in [0.2, 0.25) is 0 Å². The average Bonchev–Trinajstić information content (AvgIpc) is 2.23. The fourth-order valence-corrected chi connectivity index (χ4v) is 1.74. The van der Waals surface area contributed by atoms with Crippen LogP contribution in [-0.4, -0.2) is 9.97 Å². The molecule has 0 spiro atoms. The fourth-order valence-electron chi connectivity index (χ4n) is 1.23. The Morgan fingerprint density at radius 3 is 2.65 bits per heavy atom. The number of nitrogens with zero attached hydrogens (tertiary/aromatic N) is 2. The molecule has 2 aromatic rings. The molecule has 0 unspecified atom stereocenters. The monoisotopic (exact) mass is 300 g/mol. The Balaban J connectivity index is 2.36. The van der Waals surface area contributed by atoms with Crippen LogP contribution < -0.4 is 11.1 Å². The van der Waals surface area contributed by atoms with Gasteiger partial charge in [-0.15, -0.1) is 0 Å². The van der Waals surface area contributed by atoms with Crippen LogP contribution in [0, 0.1) is 11.6 Å². The van der Waals surface area contributed by atoms with Crippen molar-refractivity contribution in [2.75, 3.05) is 11.1 Å². The van der Waals surface area contributed by atoms with Gasteiger partial charge >= 0.3 is 0 Å². The van der Waals surface area contributed by atoms with Crippen molar-refractivity contribution < 1.29 is 8.78 Å². The molecule has 7 heteroatoms. The van der Waals surface area contributed by atoms with E-state index >= 15 is 0 Å². The quantitative estimate of drug-likeness (QED) is 0.895. The summed E-state index contributed by atoms with van der Waals surface area (Å²) in [6, 6.07) is 1.91. The van der Waals surface area contributed by atoms with E-state index in [9.17, 15) is 8.78 Å². The van der Waals surface area contributed by atoms with E-state index in [4.69, 9.17) is 5.73 Å². The summed E-state index contributed by atoms with van der Waals surface area (Å²) in [5, 5.41) is 2.67. The van der Waals surface area contributed by atoms with Crippen molar-refractivity contribution in [3.63, 3.8) is 0 Å². The van der Waals surface area contributed by atoms with Gasteiger partial charge in [0.25, 0.3) is 0 Å². The van der Waals surface area contributed by atoms with Crippen molar-refractivity contribution in [3.8, 4) is 0 Å². The second-order valence-electron chi connectivity index (χ2n) is 3.20. The standard InChI is InChI=1S/C10H7BrF2N4/c11-6-1-5(12)2-7(13)10(6)17-9-4-15-3-8(14)16-9/h1-4H,(H3,14,16,17). The minimum atomic E-state index is -0.735. The normalized spacial score (nSPS) is 10.3. The van der Waals surface area contributed by atoms with Crippen molar-refractivity contribution in [2.45, 2.75) is 0 Å². The first-order valence-electron chi connectivity index (χ1n) is 4.55. The van der Waals surface area contributed by atoms with Crippen molar-refractivity contribution in [1.29, 1.82) is 0 Å². The number of rotatable bonds is 2. The van der Waals surface area contributed by atoms with E-state index in [1.165, 1.54) is 12.4 Å². The van der Waals surface area contributed by atoms with Gasteiger partial charge in [-0.1, -0.05) is 0 Å². The van der Waals surface area contributed by atoms with Crippen LogP contribution in [0.3, 0.4) is 0 Å². The minimum Gasteiger partial charge on any atom is -0.382 e. The first kappa shape index (κ1) is 11.7. The van der Waals surface area contributed by atoms with E-state index < -0.39 is 11.6 Å². The number of nitrogen functional groups attached to an aromatic ring is 1. The first-order chi connectivity index (χ1) is 8.06. The predicted molar refractivity (Wildman–Crippen MR) is 63.8 cm³/mol. The molecule has 0 atom stereocenters.